The van der Waals surface area contributed by atoms with Crippen molar-refractivity contribution in [2.45, 2.75) is 26.3 Å². The molecule has 90 valence electrons. The smallest absolute Gasteiger partial charge is 0.0661 e. The van der Waals surface area contributed by atoms with Gasteiger partial charge >= 0.3 is 0 Å². The van der Waals surface area contributed by atoms with Crippen molar-refractivity contribution in [3.05, 3.63) is 33.8 Å². The molecule has 0 aliphatic carbocycles. The molecule has 1 aromatic carbocycles. The molecule has 0 saturated heterocycles. The van der Waals surface area contributed by atoms with Crippen LogP contribution in [-0.2, 0) is 4.74 Å². The van der Waals surface area contributed by atoms with E-state index in [1.54, 1.807) is 0 Å². The summed E-state index contributed by atoms with van der Waals surface area (Å²) in [6.07, 6.45) is 1.07. The van der Waals surface area contributed by atoms with Gasteiger partial charge in [0.25, 0.3) is 0 Å². The van der Waals surface area contributed by atoms with Gasteiger partial charge in [-0.1, -0.05) is 28.9 Å². The molecule has 1 aromatic rings. The lowest BCUT2D eigenvalue weighted by molar-refractivity contribution is 0.114. The van der Waals surface area contributed by atoms with E-state index in [2.05, 4.69) is 53.3 Å². The summed E-state index contributed by atoms with van der Waals surface area (Å²) in [5, 5.41) is 3.30. The van der Waals surface area contributed by atoms with E-state index in [1.165, 1.54) is 11.1 Å². The molecular formula is C13H20BrNO. The van der Waals surface area contributed by atoms with Crippen molar-refractivity contribution >= 4 is 15.9 Å². The summed E-state index contributed by atoms with van der Waals surface area (Å²) in [6.45, 7) is 5.81. The van der Waals surface area contributed by atoms with Gasteiger partial charge in [-0.3, -0.25) is 0 Å². The summed E-state index contributed by atoms with van der Waals surface area (Å²) in [7, 11) is 1.97. The number of rotatable bonds is 6. The highest BCUT2D eigenvalue weighted by Gasteiger charge is 2.11. The first kappa shape index (κ1) is 13.7. The van der Waals surface area contributed by atoms with Crippen LogP contribution in [0.15, 0.2) is 22.7 Å². The van der Waals surface area contributed by atoms with Gasteiger partial charge in [0.1, 0.15) is 0 Å². The van der Waals surface area contributed by atoms with Crippen LogP contribution in [0.2, 0.25) is 0 Å². The van der Waals surface area contributed by atoms with Gasteiger partial charge in [-0.15, -0.1) is 0 Å². The summed E-state index contributed by atoms with van der Waals surface area (Å²) in [5.74, 6) is 0. The van der Waals surface area contributed by atoms with E-state index in [0.29, 0.717) is 0 Å². The Hall–Kier alpha value is -0.380. The molecule has 1 N–H and O–H groups in total. The fraction of sp³-hybridized carbons (Fsp3) is 0.538. The topological polar surface area (TPSA) is 21.3 Å². The number of aryl methyl sites for hydroxylation is 1. The van der Waals surface area contributed by atoms with Gasteiger partial charge in [-0.25, -0.2) is 0 Å². The van der Waals surface area contributed by atoms with Crippen molar-refractivity contribution < 1.29 is 4.74 Å². The Labute approximate surface area is 107 Å². The van der Waals surface area contributed by atoms with E-state index < -0.39 is 0 Å². The van der Waals surface area contributed by atoms with Gasteiger partial charge in [-0.05, 0) is 43.7 Å². The number of likely N-dealkylation sites (N-methyl/N-ethyl adjacent to an activating group) is 1. The lowest BCUT2D eigenvalue weighted by Crippen LogP contribution is -2.22. The van der Waals surface area contributed by atoms with Crippen LogP contribution >= 0.6 is 15.9 Å². The third-order valence-corrected chi connectivity index (χ3v) is 3.08. The quantitative estimate of drug-likeness (QED) is 0.809. The van der Waals surface area contributed by atoms with Crippen molar-refractivity contribution in [1.29, 1.82) is 0 Å². The molecule has 3 heteroatoms. The number of hydrogen-bond acceptors (Lipinski definition) is 2. The predicted molar refractivity (Wildman–Crippen MR) is 71.8 cm³/mol. The largest absolute Gasteiger partial charge is 0.379 e. The summed E-state index contributed by atoms with van der Waals surface area (Å²) in [6, 6.07) is 6.64. The first-order chi connectivity index (χ1) is 7.69. The number of halogens is 1. The standard InChI is InChI=1S/C13H20BrNO/c1-4-7-16-9-13(15-3)12-6-5-11(14)8-10(12)2/h5-6,8,13,15H,4,7,9H2,1-3H3. The lowest BCUT2D eigenvalue weighted by Gasteiger charge is -2.19. The summed E-state index contributed by atoms with van der Waals surface area (Å²) in [5.41, 5.74) is 2.59. The van der Waals surface area contributed by atoms with Crippen molar-refractivity contribution in [1.82, 2.24) is 5.32 Å². The van der Waals surface area contributed by atoms with Gasteiger partial charge in [0.05, 0.1) is 12.6 Å². The fourth-order valence-electron chi connectivity index (χ4n) is 1.70. The normalized spacial score (nSPS) is 12.8. The van der Waals surface area contributed by atoms with Crippen molar-refractivity contribution in [2.75, 3.05) is 20.3 Å². The molecule has 0 spiro atoms. The minimum Gasteiger partial charge on any atom is -0.379 e. The monoisotopic (exact) mass is 285 g/mol. The Kier molecular flexibility index (Phi) is 6.03. The third-order valence-electron chi connectivity index (χ3n) is 2.59. The highest BCUT2D eigenvalue weighted by atomic mass is 79.9. The molecule has 16 heavy (non-hydrogen) atoms. The molecule has 0 saturated carbocycles. The third kappa shape index (κ3) is 3.89. The van der Waals surface area contributed by atoms with Crippen LogP contribution in [0.25, 0.3) is 0 Å². The van der Waals surface area contributed by atoms with Crippen molar-refractivity contribution in [3.8, 4) is 0 Å². The zero-order valence-electron chi connectivity index (χ0n) is 10.2. The van der Waals surface area contributed by atoms with E-state index in [0.717, 1.165) is 24.1 Å². The molecule has 0 heterocycles. The molecule has 2 nitrogen and oxygen atoms in total. The van der Waals surface area contributed by atoms with E-state index >= 15 is 0 Å². The predicted octanol–water partition coefficient (Wildman–Crippen LogP) is 3.44. The molecule has 0 fully saturated rings. The van der Waals surface area contributed by atoms with Crippen LogP contribution in [0.3, 0.4) is 0 Å². The van der Waals surface area contributed by atoms with Crippen molar-refractivity contribution in [3.63, 3.8) is 0 Å². The summed E-state index contributed by atoms with van der Waals surface area (Å²) >= 11 is 3.48. The maximum atomic E-state index is 5.60. The molecule has 0 amide bonds. The second kappa shape index (κ2) is 7.05. The highest BCUT2D eigenvalue weighted by Crippen LogP contribution is 2.21. The molecular weight excluding hydrogens is 266 g/mol. The molecule has 1 rings (SSSR count). The second-order valence-corrected chi connectivity index (χ2v) is 4.83. The Bertz CT molecular complexity index is 328. The maximum Gasteiger partial charge on any atom is 0.0661 e. The zero-order valence-corrected chi connectivity index (χ0v) is 11.8. The van der Waals surface area contributed by atoms with Gasteiger partial charge in [-0.2, -0.15) is 0 Å². The van der Waals surface area contributed by atoms with Gasteiger partial charge in [0, 0.05) is 11.1 Å². The van der Waals surface area contributed by atoms with Crippen LogP contribution < -0.4 is 5.32 Å². The number of nitrogens with one attached hydrogen (secondary N) is 1. The van der Waals surface area contributed by atoms with E-state index in [4.69, 9.17) is 4.74 Å². The Morgan fingerprint density at radius 1 is 1.44 bits per heavy atom. The van der Waals surface area contributed by atoms with Gasteiger partial charge < -0.3 is 10.1 Å². The lowest BCUT2D eigenvalue weighted by atomic mass is 10.0. The van der Waals surface area contributed by atoms with Crippen molar-refractivity contribution in [2.24, 2.45) is 0 Å². The van der Waals surface area contributed by atoms with Crippen LogP contribution in [0.1, 0.15) is 30.5 Å². The maximum absolute atomic E-state index is 5.60. The van der Waals surface area contributed by atoms with E-state index in [9.17, 15) is 0 Å². The average molecular weight is 286 g/mol. The number of ether oxygens (including phenoxy) is 1. The second-order valence-electron chi connectivity index (χ2n) is 3.92. The van der Waals surface area contributed by atoms with Gasteiger partial charge in [0.2, 0.25) is 0 Å². The fourth-order valence-corrected chi connectivity index (χ4v) is 2.18. The molecule has 0 bridgehead atoms. The zero-order chi connectivity index (χ0) is 12.0. The van der Waals surface area contributed by atoms with E-state index in [-0.39, 0.29) is 6.04 Å². The molecule has 0 aliphatic rings. The van der Waals surface area contributed by atoms with Crippen LogP contribution in [0.5, 0.6) is 0 Å². The molecule has 1 unspecified atom stereocenters. The van der Waals surface area contributed by atoms with Gasteiger partial charge in [0.15, 0.2) is 0 Å². The Balaban J connectivity index is 2.70. The first-order valence-electron chi connectivity index (χ1n) is 5.70. The summed E-state index contributed by atoms with van der Waals surface area (Å²) in [4.78, 5) is 0. The highest BCUT2D eigenvalue weighted by molar-refractivity contribution is 9.10. The van der Waals surface area contributed by atoms with Crippen LogP contribution in [0, 0.1) is 6.92 Å². The average Bonchev–Trinajstić information content (AvgIpc) is 2.26. The SMILES string of the molecule is CCCOCC(NC)c1ccc(Br)cc1C. The van der Waals surface area contributed by atoms with E-state index in [1.807, 2.05) is 7.05 Å². The number of benzene rings is 1. The summed E-state index contributed by atoms with van der Waals surface area (Å²) < 4.78 is 6.72. The van der Waals surface area contributed by atoms with Crippen LogP contribution in [-0.4, -0.2) is 20.3 Å². The first-order valence-corrected chi connectivity index (χ1v) is 6.49. The molecule has 0 radical (unpaired) electrons. The minimum absolute atomic E-state index is 0.277. The Morgan fingerprint density at radius 3 is 2.75 bits per heavy atom. The molecule has 1 atom stereocenters. The number of hydrogen-bond donors (Lipinski definition) is 1. The molecule has 0 aromatic heterocycles. The molecule has 0 aliphatic heterocycles. The van der Waals surface area contributed by atoms with Crippen LogP contribution in [0.4, 0.5) is 0 Å². The minimum atomic E-state index is 0.277. The Morgan fingerprint density at radius 2 is 2.19 bits per heavy atom.